The number of carboxylic acids is 1. The molecule has 28 heavy (non-hydrogen) atoms. The molecule has 0 unspecified atom stereocenters. The number of nitro benzene ring substituents is 1. The number of nitro groups is 1. The van der Waals surface area contributed by atoms with Crippen molar-refractivity contribution in [3.63, 3.8) is 0 Å². The Bertz CT molecular complexity index is 1090. The third-order valence-corrected chi connectivity index (χ3v) is 3.95. The first kappa shape index (κ1) is 19.0. The van der Waals surface area contributed by atoms with Crippen molar-refractivity contribution in [2.75, 3.05) is 12.4 Å². The summed E-state index contributed by atoms with van der Waals surface area (Å²) in [5.74, 6) is -1.38. The molecule has 8 nitrogen and oxygen atoms in total. The number of aromatic amines is 1. The van der Waals surface area contributed by atoms with Crippen LogP contribution in [0.25, 0.3) is 10.9 Å². The molecule has 0 amide bonds. The lowest BCUT2D eigenvalue weighted by molar-refractivity contribution is -0.383. The first-order chi connectivity index (χ1) is 13.1. The number of ether oxygens (including phenoxy) is 1. The average Bonchev–Trinajstić information content (AvgIpc) is 3.06. The molecular weight excluding hydrogens is 383 g/mol. The van der Waals surface area contributed by atoms with Crippen molar-refractivity contribution in [2.24, 2.45) is 0 Å². The third-order valence-electron chi connectivity index (χ3n) is 3.95. The Hall–Kier alpha value is -3.76. The molecule has 3 aromatic rings. The van der Waals surface area contributed by atoms with Crippen LogP contribution in [0.5, 0.6) is 5.75 Å². The summed E-state index contributed by atoms with van der Waals surface area (Å²) in [5.41, 5.74) is -1.48. The number of carbonyl (C=O) groups is 1. The number of alkyl halides is 3. The monoisotopic (exact) mass is 395 g/mol. The van der Waals surface area contributed by atoms with E-state index in [0.717, 1.165) is 24.3 Å². The van der Waals surface area contributed by atoms with Crippen LogP contribution < -0.4 is 10.1 Å². The summed E-state index contributed by atoms with van der Waals surface area (Å²) < 4.78 is 44.1. The molecule has 0 spiro atoms. The molecule has 146 valence electrons. The standard InChI is InChI=1S/C17H12F3N3O5/c1-28-10-5-8(17(18,19)20)4-9(6-10)21-12-2-3-14(23(26)27)15-11(12)7-13(22-15)16(24)25/h2-7,21-22H,1H3,(H,24,25). The lowest BCUT2D eigenvalue weighted by atomic mass is 10.1. The second-order valence-corrected chi connectivity index (χ2v) is 5.74. The number of aromatic nitrogens is 1. The van der Waals surface area contributed by atoms with Gasteiger partial charge in [-0.3, -0.25) is 10.1 Å². The molecule has 0 aliphatic carbocycles. The van der Waals surface area contributed by atoms with Crippen LogP contribution in [-0.4, -0.2) is 28.1 Å². The molecule has 0 saturated heterocycles. The maximum Gasteiger partial charge on any atom is 0.416 e. The minimum absolute atomic E-state index is 0.0138. The van der Waals surface area contributed by atoms with Crippen molar-refractivity contribution in [3.05, 3.63) is 57.8 Å². The predicted octanol–water partition coefficient (Wildman–Crippen LogP) is 4.55. The van der Waals surface area contributed by atoms with Crippen LogP contribution in [-0.2, 0) is 6.18 Å². The van der Waals surface area contributed by atoms with E-state index >= 15 is 0 Å². The van der Waals surface area contributed by atoms with Crippen molar-refractivity contribution >= 4 is 33.9 Å². The highest BCUT2D eigenvalue weighted by Crippen LogP contribution is 2.37. The highest BCUT2D eigenvalue weighted by Gasteiger charge is 2.31. The van der Waals surface area contributed by atoms with E-state index in [9.17, 15) is 28.1 Å². The zero-order valence-corrected chi connectivity index (χ0v) is 14.1. The number of benzene rings is 2. The lowest BCUT2D eigenvalue weighted by Crippen LogP contribution is -2.06. The van der Waals surface area contributed by atoms with Gasteiger partial charge in [-0.1, -0.05) is 0 Å². The summed E-state index contributed by atoms with van der Waals surface area (Å²) in [4.78, 5) is 24.1. The smallest absolute Gasteiger partial charge is 0.416 e. The Morgan fingerprint density at radius 2 is 1.96 bits per heavy atom. The minimum Gasteiger partial charge on any atom is -0.497 e. The first-order valence-electron chi connectivity index (χ1n) is 7.67. The zero-order valence-electron chi connectivity index (χ0n) is 14.1. The van der Waals surface area contributed by atoms with Gasteiger partial charge in [0.1, 0.15) is 17.0 Å². The number of nitrogens with zero attached hydrogens (tertiary/aromatic N) is 1. The highest BCUT2D eigenvalue weighted by atomic mass is 19.4. The molecule has 0 radical (unpaired) electrons. The number of methoxy groups -OCH3 is 1. The van der Waals surface area contributed by atoms with Crippen LogP contribution in [0, 0.1) is 10.1 Å². The molecule has 0 aliphatic rings. The van der Waals surface area contributed by atoms with Crippen LogP contribution in [0.3, 0.4) is 0 Å². The van der Waals surface area contributed by atoms with E-state index in [1.165, 1.54) is 19.2 Å². The fraction of sp³-hybridized carbons (Fsp3) is 0.118. The van der Waals surface area contributed by atoms with Gasteiger partial charge in [-0.25, -0.2) is 4.79 Å². The Morgan fingerprint density at radius 3 is 2.54 bits per heavy atom. The van der Waals surface area contributed by atoms with Crippen LogP contribution in [0.2, 0.25) is 0 Å². The van der Waals surface area contributed by atoms with E-state index in [4.69, 9.17) is 9.84 Å². The molecule has 1 aromatic heterocycles. The number of carboxylic acid groups (broad SMARTS) is 1. The number of non-ortho nitro benzene ring substituents is 1. The molecule has 0 aliphatic heterocycles. The molecule has 2 aromatic carbocycles. The van der Waals surface area contributed by atoms with E-state index < -0.39 is 22.6 Å². The molecular formula is C17H12F3N3O5. The van der Waals surface area contributed by atoms with Gasteiger partial charge >= 0.3 is 12.1 Å². The quantitative estimate of drug-likeness (QED) is 0.431. The summed E-state index contributed by atoms with van der Waals surface area (Å²) in [5, 5.41) is 23.2. The number of nitrogens with one attached hydrogen (secondary N) is 2. The molecule has 0 fully saturated rings. The highest BCUT2D eigenvalue weighted by molar-refractivity contribution is 6.03. The van der Waals surface area contributed by atoms with Crippen molar-refractivity contribution in [3.8, 4) is 5.75 Å². The first-order valence-corrected chi connectivity index (χ1v) is 7.67. The number of halogens is 3. The number of hydrogen-bond donors (Lipinski definition) is 3. The second kappa shape index (κ2) is 6.76. The predicted molar refractivity (Wildman–Crippen MR) is 93.2 cm³/mol. The molecule has 1 heterocycles. The molecule has 0 bridgehead atoms. The van der Waals surface area contributed by atoms with Gasteiger partial charge in [-0.2, -0.15) is 13.2 Å². The van der Waals surface area contributed by atoms with Gasteiger partial charge in [0.25, 0.3) is 5.69 Å². The minimum atomic E-state index is -4.61. The molecule has 0 atom stereocenters. The summed E-state index contributed by atoms with van der Waals surface area (Å²) in [6.07, 6.45) is -4.61. The molecule has 3 rings (SSSR count). The number of anilines is 2. The molecule has 11 heteroatoms. The maximum absolute atomic E-state index is 13.1. The summed E-state index contributed by atoms with van der Waals surface area (Å²) in [7, 11) is 1.22. The number of H-pyrrole nitrogens is 1. The summed E-state index contributed by atoms with van der Waals surface area (Å²) >= 11 is 0. The molecule has 3 N–H and O–H groups in total. The Labute approximate surface area is 154 Å². The van der Waals surface area contributed by atoms with Crippen molar-refractivity contribution < 1.29 is 32.7 Å². The Morgan fingerprint density at radius 1 is 1.25 bits per heavy atom. The van der Waals surface area contributed by atoms with Gasteiger partial charge < -0.3 is 20.1 Å². The largest absolute Gasteiger partial charge is 0.497 e. The fourth-order valence-corrected chi connectivity index (χ4v) is 2.69. The number of rotatable bonds is 5. The topological polar surface area (TPSA) is 117 Å². The van der Waals surface area contributed by atoms with E-state index in [-0.39, 0.29) is 39.4 Å². The third kappa shape index (κ3) is 3.54. The van der Waals surface area contributed by atoms with Crippen LogP contribution in [0.4, 0.5) is 30.2 Å². The summed E-state index contributed by atoms with van der Waals surface area (Å²) in [6, 6.07) is 6.56. The van der Waals surface area contributed by atoms with Gasteiger partial charge in [-0.15, -0.1) is 0 Å². The zero-order chi connectivity index (χ0) is 20.6. The number of fused-ring (bicyclic) bond motifs is 1. The average molecular weight is 395 g/mol. The normalized spacial score (nSPS) is 11.4. The van der Waals surface area contributed by atoms with Gasteiger partial charge in [0, 0.05) is 28.9 Å². The SMILES string of the molecule is COc1cc(Nc2ccc([N+](=O)[O-])c3[nH]c(C(=O)O)cc23)cc(C(F)(F)F)c1. The molecule has 0 saturated carbocycles. The summed E-state index contributed by atoms with van der Waals surface area (Å²) in [6.45, 7) is 0. The van der Waals surface area contributed by atoms with Gasteiger partial charge in [-0.05, 0) is 24.3 Å². The van der Waals surface area contributed by atoms with E-state index in [0.29, 0.717) is 0 Å². The van der Waals surface area contributed by atoms with Gasteiger partial charge in [0.05, 0.1) is 17.6 Å². The van der Waals surface area contributed by atoms with Crippen molar-refractivity contribution in [2.45, 2.75) is 6.18 Å². The number of hydrogen-bond acceptors (Lipinski definition) is 5. The van der Waals surface area contributed by atoms with E-state index in [2.05, 4.69) is 10.3 Å². The van der Waals surface area contributed by atoms with E-state index in [1.807, 2.05) is 0 Å². The maximum atomic E-state index is 13.1. The van der Waals surface area contributed by atoms with E-state index in [1.54, 1.807) is 0 Å². The van der Waals surface area contributed by atoms with Crippen LogP contribution >= 0.6 is 0 Å². The van der Waals surface area contributed by atoms with Gasteiger partial charge in [0.15, 0.2) is 0 Å². The number of aromatic carboxylic acids is 1. The van der Waals surface area contributed by atoms with Crippen LogP contribution in [0.15, 0.2) is 36.4 Å². The van der Waals surface area contributed by atoms with Crippen molar-refractivity contribution in [1.29, 1.82) is 0 Å². The lowest BCUT2D eigenvalue weighted by Gasteiger charge is -2.13. The fourth-order valence-electron chi connectivity index (χ4n) is 2.69. The van der Waals surface area contributed by atoms with Crippen molar-refractivity contribution in [1.82, 2.24) is 4.98 Å². The van der Waals surface area contributed by atoms with Gasteiger partial charge in [0.2, 0.25) is 0 Å². The Balaban J connectivity index is 2.14. The Kier molecular flexibility index (Phi) is 4.59. The second-order valence-electron chi connectivity index (χ2n) is 5.74. The van der Waals surface area contributed by atoms with Crippen LogP contribution in [0.1, 0.15) is 16.1 Å².